The molecular weight excluding hydrogens is 295 g/mol. The lowest BCUT2D eigenvalue weighted by atomic mass is 10.1. The first-order valence-electron chi connectivity index (χ1n) is 3.73. The van der Waals surface area contributed by atoms with Gasteiger partial charge in [0.2, 0.25) is 0 Å². The van der Waals surface area contributed by atoms with Gasteiger partial charge in [0, 0.05) is 3.57 Å². The van der Waals surface area contributed by atoms with Crippen LogP contribution in [0, 0.1) is 10.5 Å². The van der Waals surface area contributed by atoms with Gasteiger partial charge in [-0.1, -0.05) is 0 Å². The van der Waals surface area contributed by atoms with Crippen molar-refractivity contribution in [3.63, 3.8) is 0 Å². The number of hydrogen-bond acceptors (Lipinski definition) is 2. The fourth-order valence-corrected chi connectivity index (χ4v) is 1.39. The summed E-state index contributed by atoms with van der Waals surface area (Å²) in [4.78, 5) is 11.3. The van der Waals surface area contributed by atoms with Crippen LogP contribution in [0.5, 0.6) is 0 Å². The second-order valence-electron chi connectivity index (χ2n) is 2.54. The normalized spacial score (nSPS) is 9.77. The zero-order chi connectivity index (χ0) is 9.84. The van der Waals surface area contributed by atoms with Crippen LogP contribution < -0.4 is 0 Å². The topological polar surface area (TPSA) is 26.3 Å². The van der Waals surface area contributed by atoms with E-state index < -0.39 is 0 Å². The van der Waals surface area contributed by atoms with Crippen molar-refractivity contribution >= 4 is 38.8 Å². The number of rotatable bonds is 2. The number of benzene rings is 1. The molecule has 0 fully saturated rings. The van der Waals surface area contributed by atoms with Crippen molar-refractivity contribution in [2.24, 2.45) is 0 Å². The van der Waals surface area contributed by atoms with Gasteiger partial charge in [-0.05, 0) is 53.3 Å². The number of aryl methyl sites for hydroxylation is 1. The molecule has 0 saturated heterocycles. The Balaban J connectivity index is 2.90. The van der Waals surface area contributed by atoms with Gasteiger partial charge in [0.15, 0.2) is 0 Å². The molecule has 0 heterocycles. The summed E-state index contributed by atoms with van der Waals surface area (Å²) in [7, 11) is 3.08. The van der Waals surface area contributed by atoms with E-state index >= 15 is 0 Å². The van der Waals surface area contributed by atoms with Crippen LogP contribution in [-0.4, -0.2) is 22.4 Å². The van der Waals surface area contributed by atoms with Gasteiger partial charge in [0.1, 0.15) is 0 Å². The molecule has 0 bridgehead atoms. The lowest BCUT2D eigenvalue weighted by molar-refractivity contribution is 0.0573. The number of ether oxygens (including phenoxy) is 1. The van der Waals surface area contributed by atoms with Crippen LogP contribution in [0.25, 0.3) is 0 Å². The molecule has 0 spiro atoms. The minimum Gasteiger partial charge on any atom is -0.467 e. The van der Waals surface area contributed by atoms with E-state index in [9.17, 15) is 4.79 Å². The van der Waals surface area contributed by atoms with E-state index in [0.29, 0.717) is 5.56 Å². The third-order valence-electron chi connectivity index (χ3n) is 1.60. The predicted octanol–water partition coefficient (Wildman–Crippen LogP) is 1.88. The van der Waals surface area contributed by atoms with Crippen LogP contribution in [0.1, 0.15) is 15.9 Å². The molecule has 1 aromatic carbocycles. The summed E-state index contributed by atoms with van der Waals surface area (Å²) in [6.45, 7) is 1.96. The van der Waals surface area contributed by atoms with Crippen LogP contribution >= 0.6 is 22.6 Å². The first kappa shape index (κ1) is 10.7. The Kier molecular flexibility index (Phi) is 3.92. The summed E-state index contributed by atoms with van der Waals surface area (Å²) >= 11 is 2.22. The first-order chi connectivity index (χ1) is 6.15. The Morgan fingerprint density at radius 1 is 1.62 bits per heavy atom. The van der Waals surface area contributed by atoms with Crippen molar-refractivity contribution in [1.82, 2.24) is 0 Å². The average Bonchev–Trinajstić information content (AvgIpc) is 2.10. The highest BCUT2D eigenvalue weighted by Gasteiger charge is 2.06. The van der Waals surface area contributed by atoms with E-state index in [-0.39, 0.29) is 12.2 Å². The Hall–Kier alpha value is -0.363. The van der Waals surface area contributed by atoms with Gasteiger partial charge in [-0.2, -0.15) is 0 Å². The predicted molar refractivity (Wildman–Crippen MR) is 59.9 cm³/mol. The maximum absolute atomic E-state index is 11.3. The van der Waals surface area contributed by atoms with Crippen molar-refractivity contribution in [3.05, 3.63) is 32.9 Å². The molecule has 0 N–H and O–H groups in total. The minimum atomic E-state index is -0.297. The third-order valence-corrected chi connectivity index (χ3v) is 2.95. The average molecular weight is 303 g/mol. The zero-order valence-corrected chi connectivity index (χ0v) is 10.3. The van der Waals surface area contributed by atoms with E-state index in [1.54, 1.807) is 6.07 Å². The molecule has 0 aliphatic rings. The smallest absolute Gasteiger partial charge is 0.337 e. The Morgan fingerprint density at radius 3 is 2.85 bits per heavy atom. The van der Waals surface area contributed by atoms with Crippen LogP contribution in [0.3, 0.4) is 0 Å². The molecule has 0 aromatic heterocycles. The Labute approximate surface area is 94.2 Å². The number of carbonyl (C=O) groups excluding carboxylic acids is 1. The van der Waals surface area contributed by atoms with E-state index in [1.165, 1.54) is 0 Å². The summed E-state index contributed by atoms with van der Waals surface area (Å²) in [6, 6.07) is 5.49. The minimum absolute atomic E-state index is 0.226. The summed E-state index contributed by atoms with van der Waals surface area (Å²) < 4.78 is 5.94. The van der Waals surface area contributed by atoms with Crippen LogP contribution in [0.4, 0.5) is 0 Å². The fourth-order valence-electron chi connectivity index (χ4n) is 0.921. The number of halogens is 1. The van der Waals surface area contributed by atoms with Gasteiger partial charge in [0.05, 0.1) is 22.0 Å². The molecule has 2 nitrogen and oxygen atoms in total. The summed E-state index contributed by atoms with van der Waals surface area (Å²) in [5, 5.41) is 0. The van der Waals surface area contributed by atoms with Crippen molar-refractivity contribution < 1.29 is 9.53 Å². The van der Waals surface area contributed by atoms with Gasteiger partial charge >= 0.3 is 5.97 Å². The van der Waals surface area contributed by atoms with E-state index in [1.807, 2.05) is 19.1 Å². The highest BCUT2D eigenvalue weighted by Crippen LogP contribution is 2.13. The Morgan fingerprint density at radius 2 is 2.31 bits per heavy atom. The molecule has 3 radical (unpaired) electrons. The van der Waals surface area contributed by atoms with Crippen LogP contribution in [0.2, 0.25) is 0 Å². The summed E-state index contributed by atoms with van der Waals surface area (Å²) in [6.07, 6.45) is 0.226. The van der Waals surface area contributed by atoms with Crippen LogP contribution in [0.15, 0.2) is 18.2 Å². The molecule has 1 rings (SSSR count). The molecule has 0 amide bonds. The lowest BCUT2D eigenvalue weighted by Gasteiger charge is -2.03. The van der Waals surface area contributed by atoms with Gasteiger partial charge in [-0.15, -0.1) is 0 Å². The van der Waals surface area contributed by atoms with Crippen molar-refractivity contribution in [3.8, 4) is 0 Å². The third kappa shape index (κ3) is 2.80. The molecule has 0 aliphatic carbocycles. The quantitative estimate of drug-likeness (QED) is 0.474. The Bertz CT molecular complexity index is 325. The molecule has 4 heteroatoms. The first-order valence-corrected chi connectivity index (χ1v) is 5.51. The van der Waals surface area contributed by atoms with Crippen molar-refractivity contribution in [1.29, 1.82) is 0 Å². The second kappa shape index (κ2) is 4.76. The number of carbonyl (C=O) groups is 1. The maximum atomic E-state index is 11.3. The van der Waals surface area contributed by atoms with Gasteiger partial charge < -0.3 is 4.74 Å². The molecule has 67 valence electrons. The monoisotopic (exact) mass is 303 g/mol. The van der Waals surface area contributed by atoms with Gasteiger partial charge in [-0.3, -0.25) is 0 Å². The molecule has 1 aromatic rings. The maximum Gasteiger partial charge on any atom is 0.337 e. The van der Waals surface area contributed by atoms with Gasteiger partial charge in [-0.25, -0.2) is 4.79 Å². The standard InChI is InChI=1S/C9H8IO2Si/c1-6-4-7(2-3-8(6)10)9(11)12-5-13/h2-4H,5H2,1H3. The lowest BCUT2D eigenvalue weighted by Crippen LogP contribution is -2.06. The molecular formula is C9H8IO2Si. The zero-order valence-electron chi connectivity index (χ0n) is 7.13. The SMILES string of the molecule is Cc1cc(C(=O)OC[Si])ccc1I. The van der Waals surface area contributed by atoms with Gasteiger partial charge in [0.25, 0.3) is 0 Å². The molecule has 13 heavy (non-hydrogen) atoms. The van der Waals surface area contributed by atoms with E-state index in [0.717, 1.165) is 9.13 Å². The van der Waals surface area contributed by atoms with E-state index in [2.05, 4.69) is 32.8 Å². The second-order valence-corrected chi connectivity index (χ2v) is 3.99. The molecule has 0 saturated carbocycles. The molecule has 0 unspecified atom stereocenters. The number of esters is 1. The molecule has 0 atom stereocenters. The van der Waals surface area contributed by atoms with Crippen molar-refractivity contribution in [2.45, 2.75) is 6.92 Å². The highest BCUT2D eigenvalue weighted by atomic mass is 127. The fraction of sp³-hybridized carbons (Fsp3) is 0.222. The summed E-state index contributed by atoms with van der Waals surface area (Å²) in [5.74, 6) is -0.297. The van der Waals surface area contributed by atoms with Crippen LogP contribution in [-0.2, 0) is 4.74 Å². The molecule has 0 aliphatic heterocycles. The highest BCUT2D eigenvalue weighted by molar-refractivity contribution is 14.1. The largest absolute Gasteiger partial charge is 0.467 e. The van der Waals surface area contributed by atoms with Crippen molar-refractivity contribution in [2.75, 3.05) is 6.23 Å². The summed E-state index contributed by atoms with van der Waals surface area (Å²) in [5.41, 5.74) is 1.68. The number of hydrogen-bond donors (Lipinski definition) is 0. The van der Waals surface area contributed by atoms with E-state index in [4.69, 9.17) is 4.74 Å².